The molecule has 2 rings (SSSR count). The highest BCUT2D eigenvalue weighted by Gasteiger charge is 2.09. The molecule has 3 heteroatoms. The summed E-state index contributed by atoms with van der Waals surface area (Å²) in [6.45, 7) is 0. The maximum Gasteiger partial charge on any atom is 0.166 e. The molecule has 0 bridgehead atoms. The summed E-state index contributed by atoms with van der Waals surface area (Å²) >= 11 is 0. The summed E-state index contributed by atoms with van der Waals surface area (Å²) in [6.07, 6.45) is 4.47. The number of aromatic nitrogens is 1. The number of carbonyl (C=O) groups is 1. The van der Waals surface area contributed by atoms with E-state index in [0.29, 0.717) is 18.4 Å². The van der Waals surface area contributed by atoms with E-state index in [4.69, 9.17) is 0 Å². The van der Waals surface area contributed by atoms with E-state index in [1.54, 1.807) is 30.6 Å². The lowest BCUT2D eigenvalue weighted by Crippen LogP contribution is -2.01. The average Bonchev–Trinajstić information content (AvgIpc) is 2.38. The maximum atomic E-state index is 11.9. The third-order valence-electron chi connectivity index (χ3n) is 2.57. The highest BCUT2D eigenvalue weighted by atomic mass is 16.3. The van der Waals surface area contributed by atoms with Crippen LogP contribution in [0, 0.1) is 0 Å². The molecule has 0 spiro atoms. The van der Waals surface area contributed by atoms with Crippen LogP contribution in [-0.4, -0.2) is 15.9 Å². The van der Waals surface area contributed by atoms with Gasteiger partial charge in [0.1, 0.15) is 5.75 Å². The number of carbonyl (C=O) groups excluding carboxylic acids is 1. The standard InChI is InChI=1S/C14H13NO2/c16-13-6-2-1-5-12(13)14(17)8-7-11-4-3-9-15-10-11/h1-6,9-10,16H,7-8H2. The van der Waals surface area contributed by atoms with Gasteiger partial charge in [0.2, 0.25) is 0 Å². The summed E-state index contributed by atoms with van der Waals surface area (Å²) in [5.41, 5.74) is 1.41. The summed E-state index contributed by atoms with van der Waals surface area (Å²) in [5, 5.41) is 9.54. The minimum Gasteiger partial charge on any atom is -0.507 e. The monoisotopic (exact) mass is 227 g/mol. The number of pyridine rings is 1. The van der Waals surface area contributed by atoms with Crippen molar-refractivity contribution in [2.45, 2.75) is 12.8 Å². The van der Waals surface area contributed by atoms with Crippen LogP contribution >= 0.6 is 0 Å². The van der Waals surface area contributed by atoms with E-state index in [0.717, 1.165) is 5.56 Å². The van der Waals surface area contributed by atoms with Gasteiger partial charge in [-0.1, -0.05) is 18.2 Å². The first kappa shape index (κ1) is 11.3. The molecule has 1 aromatic carbocycles. The Labute approximate surface area is 99.8 Å². The third kappa shape index (κ3) is 2.91. The van der Waals surface area contributed by atoms with Gasteiger partial charge in [0.05, 0.1) is 5.56 Å². The molecule has 0 unspecified atom stereocenters. The zero-order valence-electron chi connectivity index (χ0n) is 9.34. The maximum absolute atomic E-state index is 11.9. The van der Waals surface area contributed by atoms with Crippen molar-refractivity contribution >= 4 is 5.78 Å². The number of aromatic hydroxyl groups is 1. The molecule has 86 valence electrons. The minimum absolute atomic E-state index is 0.0451. The zero-order chi connectivity index (χ0) is 12.1. The smallest absolute Gasteiger partial charge is 0.166 e. The molecule has 0 saturated carbocycles. The highest BCUT2D eigenvalue weighted by molar-refractivity contribution is 5.98. The predicted octanol–water partition coefficient (Wildman–Crippen LogP) is 2.60. The van der Waals surface area contributed by atoms with Crippen LogP contribution in [0.5, 0.6) is 5.75 Å². The molecule has 1 aromatic heterocycles. The van der Waals surface area contributed by atoms with Crippen molar-refractivity contribution in [3.8, 4) is 5.75 Å². The Morgan fingerprint density at radius 1 is 1.18 bits per heavy atom. The molecular formula is C14H13NO2. The van der Waals surface area contributed by atoms with Crippen LogP contribution in [-0.2, 0) is 6.42 Å². The van der Waals surface area contributed by atoms with E-state index in [-0.39, 0.29) is 11.5 Å². The van der Waals surface area contributed by atoms with Crippen LogP contribution in [0.3, 0.4) is 0 Å². The first-order chi connectivity index (χ1) is 8.27. The number of hydrogen-bond donors (Lipinski definition) is 1. The van der Waals surface area contributed by atoms with Crippen LogP contribution in [0.4, 0.5) is 0 Å². The normalized spacial score (nSPS) is 10.1. The van der Waals surface area contributed by atoms with E-state index in [2.05, 4.69) is 4.98 Å². The van der Waals surface area contributed by atoms with Crippen molar-refractivity contribution in [2.75, 3.05) is 0 Å². The number of nitrogens with zero attached hydrogens (tertiary/aromatic N) is 1. The first-order valence-electron chi connectivity index (χ1n) is 5.47. The Kier molecular flexibility index (Phi) is 3.50. The van der Waals surface area contributed by atoms with Crippen molar-refractivity contribution in [1.82, 2.24) is 4.98 Å². The molecule has 1 heterocycles. The van der Waals surface area contributed by atoms with Gasteiger partial charge in [-0.2, -0.15) is 0 Å². The zero-order valence-corrected chi connectivity index (χ0v) is 9.34. The molecule has 0 aliphatic heterocycles. The lowest BCUT2D eigenvalue weighted by atomic mass is 10.0. The van der Waals surface area contributed by atoms with Crippen molar-refractivity contribution in [3.05, 3.63) is 59.9 Å². The molecule has 2 aromatic rings. The van der Waals surface area contributed by atoms with E-state index in [1.165, 1.54) is 6.07 Å². The Hall–Kier alpha value is -2.16. The van der Waals surface area contributed by atoms with Gasteiger partial charge in [-0.25, -0.2) is 0 Å². The third-order valence-corrected chi connectivity index (χ3v) is 2.57. The lowest BCUT2D eigenvalue weighted by molar-refractivity contribution is 0.0980. The molecule has 17 heavy (non-hydrogen) atoms. The molecule has 0 fully saturated rings. The second kappa shape index (κ2) is 5.25. The van der Waals surface area contributed by atoms with E-state index < -0.39 is 0 Å². The molecule has 0 radical (unpaired) electrons. The molecule has 0 aliphatic carbocycles. The molecule has 0 saturated heterocycles. The number of Topliss-reactive ketones (excluding diaryl/α,β-unsaturated/α-hetero) is 1. The van der Waals surface area contributed by atoms with Gasteiger partial charge in [-0.15, -0.1) is 0 Å². The first-order valence-corrected chi connectivity index (χ1v) is 5.47. The number of aryl methyl sites for hydroxylation is 1. The number of ketones is 1. The summed E-state index contributed by atoms with van der Waals surface area (Å²) in [4.78, 5) is 15.9. The summed E-state index contributed by atoms with van der Waals surface area (Å²) in [7, 11) is 0. The van der Waals surface area contributed by atoms with Crippen molar-refractivity contribution in [3.63, 3.8) is 0 Å². The van der Waals surface area contributed by atoms with Crippen LogP contribution in [0.15, 0.2) is 48.8 Å². The average molecular weight is 227 g/mol. The second-order valence-electron chi connectivity index (χ2n) is 3.80. The van der Waals surface area contributed by atoms with Crippen LogP contribution < -0.4 is 0 Å². The fraction of sp³-hybridized carbons (Fsp3) is 0.143. The molecule has 0 aliphatic rings. The number of benzene rings is 1. The lowest BCUT2D eigenvalue weighted by Gasteiger charge is -2.03. The number of hydrogen-bond acceptors (Lipinski definition) is 3. The van der Waals surface area contributed by atoms with Crippen LogP contribution in [0.1, 0.15) is 22.3 Å². The molecule has 0 atom stereocenters. The Morgan fingerprint density at radius 2 is 2.00 bits per heavy atom. The Bertz CT molecular complexity index is 509. The number of phenolic OH excluding ortho intramolecular Hbond substituents is 1. The molecular weight excluding hydrogens is 214 g/mol. The van der Waals surface area contributed by atoms with Crippen molar-refractivity contribution in [2.24, 2.45) is 0 Å². The van der Waals surface area contributed by atoms with Gasteiger partial charge in [-0.05, 0) is 30.2 Å². The SMILES string of the molecule is O=C(CCc1cccnc1)c1ccccc1O. The van der Waals surface area contributed by atoms with Crippen LogP contribution in [0.2, 0.25) is 0 Å². The minimum atomic E-state index is -0.0491. The molecule has 1 N–H and O–H groups in total. The number of para-hydroxylation sites is 1. The summed E-state index contributed by atoms with van der Waals surface area (Å²) in [5.74, 6) is -0.00404. The van der Waals surface area contributed by atoms with E-state index in [9.17, 15) is 9.90 Å². The number of rotatable bonds is 4. The fourth-order valence-corrected chi connectivity index (χ4v) is 1.65. The topological polar surface area (TPSA) is 50.2 Å². The van der Waals surface area contributed by atoms with Gasteiger partial charge < -0.3 is 5.11 Å². The van der Waals surface area contributed by atoms with Crippen molar-refractivity contribution in [1.29, 1.82) is 0 Å². The van der Waals surface area contributed by atoms with Gasteiger partial charge >= 0.3 is 0 Å². The Morgan fingerprint density at radius 3 is 2.71 bits per heavy atom. The fourth-order valence-electron chi connectivity index (χ4n) is 1.65. The predicted molar refractivity (Wildman–Crippen MR) is 65.0 cm³/mol. The summed E-state index contributed by atoms with van der Waals surface area (Å²) < 4.78 is 0. The molecule has 3 nitrogen and oxygen atoms in total. The Balaban J connectivity index is 2.01. The van der Waals surface area contributed by atoms with Crippen molar-refractivity contribution < 1.29 is 9.90 Å². The summed E-state index contributed by atoms with van der Waals surface area (Å²) in [6, 6.07) is 10.4. The quantitative estimate of drug-likeness (QED) is 0.817. The highest BCUT2D eigenvalue weighted by Crippen LogP contribution is 2.18. The second-order valence-corrected chi connectivity index (χ2v) is 3.80. The largest absolute Gasteiger partial charge is 0.507 e. The van der Waals surface area contributed by atoms with Gasteiger partial charge in [0.15, 0.2) is 5.78 Å². The van der Waals surface area contributed by atoms with E-state index >= 15 is 0 Å². The van der Waals surface area contributed by atoms with Crippen LogP contribution in [0.25, 0.3) is 0 Å². The van der Waals surface area contributed by atoms with Gasteiger partial charge in [-0.3, -0.25) is 9.78 Å². The molecule has 0 amide bonds. The van der Waals surface area contributed by atoms with Gasteiger partial charge in [0, 0.05) is 18.8 Å². The van der Waals surface area contributed by atoms with E-state index in [1.807, 2.05) is 12.1 Å². The number of phenols is 1. The van der Waals surface area contributed by atoms with Gasteiger partial charge in [0.25, 0.3) is 0 Å².